The molecular weight excluding hydrogens is 322 g/mol. The second kappa shape index (κ2) is 5.72. The van der Waals surface area contributed by atoms with Crippen LogP contribution in [0.2, 0.25) is 0 Å². The van der Waals surface area contributed by atoms with Gasteiger partial charge in [-0.2, -0.15) is 0 Å². The molecule has 5 nitrogen and oxygen atoms in total. The third kappa shape index (κ3) is 2.35. The van der Waals surface area contributed by atoms with Gasteiger partial charge in [0.2, 0.25) is 0 Å². The van der Waals surface area contributed by atoms with Crippen LogP contribution in [0.5, 0.6) is 0 Å². The Hall–Kier alpha value is -2.73. The zero-order valence-corrected chi connectivity index (χ0v) is 13.9. The molecule has 0 unspecified atom stereocenters. The Morgan fingerprint density at radius 3 is 2.29 bits per heavy atom. The van der Waals surface area contributed by atoms with Gasteiger partial charge in [-0.1, -0.05) is 35.6 Å². The van der Waals surface area contributed by atoms with Gasteiger partial charge in [-0.3, -0.25) is 14.5 Å². The maximum Gasteiger partial charge on any atom is 0.261 e. The fourth-order valence-corrected chi connectivity index (χ4v) is 3.76. The average molecular weight is 337 g/mol. The van der Waals surface area contributed by atoms with Crippen molar-refractivity contribution in [1.82, 2.24) is 9.88 Å². The number of para-hydroxylation sites is 1. The SMILES string of the molecule is CN(CCN1C(=O)c2ccccc2C1=O)c1nc2ccccc2s1. The van der Waals surface area contributed by atoms with Gasteiger partial charge >= 0.3 is 0 Å². The number of fused-ring (bicyclic) bond motifs is 2. The van der Waals surface area contributed by atoms with Gasteiger partial charge in [0.25, 0.3) is 11.8 Å². The lowest BCUT2D eigenvalue weighted by atomic mass is 10.1. The van der Waals surface area contributed by atoms with E-state index in [1.54, 1.807) is 35.6 Å². The summed E-state index contributed by atoms with van der Waals surface area (Å²) in [5, 5.41) is 0.882. The summed E-state index contributed by atoms with van der Waals surface area (Å²) < 4.78 is 1.13. The van der Waals surface area contributed by atoms with E-state index < -0.39 is 0 Å². The molecule has 3 aromatic rings. The van der Waals surface area contributed by atoms with E-state index in [0.717, 1.165) is 15.3 Å². The number of carbonyl (C=O) groups excluding carboxylic acids is 2. The molecule has 0 saturated carbocycles. The Kier molecular flexibility index (Phi) is 3.54. The van der Waals surface area contributed by atoms with Crippen molar-refractivity contribution in [1.29, 1.82) is 0 Å². The van der Waals surface area contributed by atoms with Crippen molar-refractivity contribution >= 4 is 38.5 Å². The largest absolute Gasteiger partial charge is 0.349 e. The summed E-state index contributed by atoms with van der Waals surface area (Å²) in [5.41, 5.74) is 1.94. The van der Waals surface area contributed by atoms with Gasteiger partial charge in [0, 0.05) is 20.1 Å². The number of carbonyl (C=O) groups is 2. The van der Waals surface area contributed by atoms with Crippen LogP contribution in [0.15, 0.2) is 48.5 Å². The minimum atomic E-state index is -0.215. The highest BCUT2D eigenvalue weighted by Gasteiger charge is 2.34. The van der Waals surface area contributed by atoms with Gasteiger partial charge in [-0.25, -0.2) is 4.98 Å². The molecule has 1 aliphatic heterocycles. The van der Waals surface area contributed by atoms with E-state index in [0.29, 0.717) is 24.2 Å². The zero-order chi connectivity index (χ0) is 16.7. The standard InChI is InChI=1S/C18H15N3O2S/c1-20(18-19-14-8-4-5-9-15(14)24-18)10-11-21-16(22)12-6-2-3-7-13(12)17(21)23/h2-9H,10-11H2,1H3. The van der Waals surface area contributed by atoms with Crippen LogP contribution in [0.4, 0.5) is 5.13 Å². The highest BCUT2D eigenvalue weighted by Crippen LogP contribution is 2.28. The van der Waals surface area contributed by atoms with Gasteiger partial charge in [0.1, 0.15) is 0 Å². The van der Waals surface area contributed by atoms with Crippen molar-refractivity contribution in [3.8, 4) is 0 Å². The quantitative estimate of drug-likeness (QED) is 0.687. The van der Waals surface area contributed by atoms with Gasteiger partial charge in [0.05, 0.1) is 21.3 Å². The Morgan fingerprint density at radius 1 is 1.00 bits per heavy atom. The number of likely N-dealkylation sites (N-methyl/N-ethyl adjacent to an activating group) is 1. The Morgan fingerprint density at radius 2 is 1.62 bits per heavy atom. The van der Waals surface area contributed by atoms with Crippen LogP contribution in [0.1, 0.15) is 20.7 Å². The molecule has 0 bridgehead atoms. The number of imide groups is 1. The number of hydrogen-bond donors (Lipinski definition) is 0. The van der Waals surface area contributed by atoms with Crippen LogP contribution in [-0.4, -0.2) is 41.8 Å². The van der Waals surface area contributed by atoms with Crippen LogP contribution in [0.3, 0.4) is 0 Å². The van der Waals surface area contributed by atoms with Crippen LogP contribution in [0.25, 0.3) is 10.2 Å². The summed E-state index contributed by atoms with van der Waals surface area (Å²) in [5.74, 6) is -0.429. The molecule has 0 N–H and O–H groups in total. The van der Waals surface area contributed by atoms with Crippen LogP contribution in [0, 0.1) is 0 Å². The molecule has 2 aromatic carbocycles. The summed E-state index contributed by atoms with van der Waals surface area (Å²) in [4.78, 5) is 32.6. The van der Waals surface area contributed by atoms with Crippen molar-refractivity contribution in [2.45, 2.75) is 0 Å². The average Bonchev–Trinajstić information content (AvgIpc) is 3.14. The molecule has 4 rings (SSSR count). The molecule has 0 radical (unpaired) electrons. The maximum absolute atomic E-state index is 12.4. The summed E-state index contributed by atoms with van der Waals surface area (Å²) >= 11 is 1.60. The molecule has 0 fully saturated rings. The first-order chi connectivity index (χ1) is 11.6. The minimum Gasteiger partial charge on any atom is -0.349 e. The molecule has 6 heteroatoms. The van der Waals surface area contributed by atoms with Crippen molar-refractivity contribution in [2.24, 2.45) is 0 Å². The van der Waals surface area contributed by atoms with Crippen LogP contribution in [-0.2, 0) is 0 Å². The lowest BCUT2D eigenvalue weighted by Crippen LogP contribution is -2.37. The number of rotatable bonds is 4. The fourth-order valence-electron chi connectivity index (χ4n) is 2.81. The molecule has 120 valence electrons. The van der Waals surface area contributed by atoms with Gasteiger partial charge in [-0.15, -0.1) is 0 Å². The summed E-state index contributed by atoms with van der Waals surface area (Å²) in [7, 11) is 1.93. The maximum atomic E-state index is 12.4. The van der Waals surface area contributed by atoms with Gasteiger partial charge in [-0.05, 0) is 24.3 Å². The van der Waals surface area contributed by atoms with Crippen molar-refractivity contribution in [3.63, 3.8) is 0 Å². The van der Waals surface area contributed by atoms with E-state index in [1.165, 1.54) is 4.90 Å². The summed E-state index contributed by atoms with van der Waals surface area (Å²) in [6.07, 6.45) is 0. The number of benzene rings is 2. The molecule has 0 spiro atoms. The number of nitrogens with zero attached hydrogens (tertiary/aromatic N) is 3. The van der Waals surface area contributed by atoms with Crippen molar-refractivity contribution in [2.75, 3.05) is 25.0 Å². The normalized spacial score (nSPS) is 13.6. The number of amides is 2. The third-order valence-electron chi connectivity index (χ3n) is 4.15. The van der Waals surface area contributed by atoms with E-state index in [9.17, 15) is 9.59 Å². The Labute approximate surface area is 143 Å². The Bertz CT molecular complexity index is 882. The fraction of sp³-hybridized carbons (Fsp3) is 0.167. The molecule has 24 heavy (non-hydrogen) atoms. The zero-order valence-electron chi connectivity index (χ0n) is 13.1. The summed E-state index contributed by atoms with van der Waals surface area (Å²) in [6.45, 7) is 0.893. The third-order valence-corrected chi connectivity index (χ3v) is 5.30. The number of aromatic nitrogens is 1. The lowest BCUT2D eigenvalue weighted by molar-refractivity contribution is 0.0658. The predicted molar refractivity (Wildman–Crippen MR) is 94.7 cm³/mol. The number of thiazole rings is 1. The number of anilines is 1. The smallest absolute Gasteiger partial charge is 0.261 e. The van der Waals surface area contributed by atoms with Crippen molar-refractivity contribution in [3.05, 3.63) is 59.7 Å². The highest BCUT2D eigenvalue weighted by atomic mass is 32.1. The highest BCUT2D eigenvalue weighted by molar-refractivity contribution is 7.22. The van der Waals surface area contributed by atoms with Gasteiger partial charge in [0.15, 0.2) is 5.13 Å². The van der Waals surface area contributed by atoms with E-state index in [-0.39, 0.29) is 11.8 Å². The minimum absolute atomic E-state index is 0.215. The first-order valence-corrected chi connectivity index (χ1v) is 8.49. The molecule has 1 aromatic heterocycles. The lowest BCUT2D eigenvalue weighted by Gasteiger charge is -2.20. The second-order valence-electron chi connectivity index (χ2n) is 5.69. The monoisotopic (exact) mass is 337 g/mol. The summed E-state index contributed by atoms with van der Waals surface area (Å²) in [6, 6.07) is 14.9. The molecule has 1 aliphatic rings. The molecule has 2 amide bonds. The van der Waals surface area contributed by atoms with Crippen LogP contribution < -0.4 is 4.90 Å². The topological polar surface area (TPSA) is 53.5 Å². The Balaban J connectivity index is 1.49. The second-order valence-corrected chi connectivity index (χ2v) is 6.70. The van der Waals surface area contributed by atoms with Gasteiger partial charge < -0.3 is 4.90 Å². The predicted octanol–water partition coefficient (Wildman–Crippen LogP) is 3.03. The van der Waals surface area contributed by atoms with Crippen LogP contribution >= 0.6 is 11.3 Å². The molecular formula is C18H15N3O2S. The number of hydrogen-bond acceptors (Lipinski definition) is 5. The van der Waals surface area contributed by atoms with E-state index in [1.807, 2.05) is 36.2 Å². The molecule has 2 heterocycles. The van der Waals surface area contributed by atoms with E-state index >= 15 is 0 Å². The van der Waals surface area contributed by atoms with E-state index in [2.05, 4.69) is 4.98 Å². The molecule has 0 saturated heterocycles. The van der Waals surface area contributed by atoms with E-state index in [4.69, 9.17) is 0 Å². The van der Waals surface area contributed by atoms with Crippen molar-refractivity contribution < 1.29 is 9.59 Å². The first kappa shape index (κ1) is 14.8. The molecule has 0 aliphatic carbocycles. The molecule has 0 atom stereocenters. The first-order valence-electron chi connectivity index (χ1n) is 7.67.